The van der Waals surface area contributed by atoms with E-state index in [1.54, 1.807) is 6.07 Å². The number of imide groups is 2. The lowest BCUT2D eigenvalue weighted by Crippen LogP contribution is -2.38. The molecule has 0 atom stereocenters. The van der Waals surface area contributed by atoms with Crippen molar-refractivity contribution in [2.75, 3.05) is 13.1 Å². The van der Waals surface area contributed by atoms with E-state index in [0.717, 1.165) is 34.2 Å². The third-order valence-corrected chi connectivity index (χ3v) is 5.33. The Morgan fingerprint density at radius 3 is 2.23 bits per heavy atom. The highest BCUT2D eigenvalue weighted by molar-refractivity contribution is 6.45. The number of urea groups is 1. The fraction of sp³-hybridized carbons (Fsp3) is 0.391. The van der Waals surface area contributed by atoms with Gasteiger partial charge in [-0.15, -0.1) is 0 Å². The Kier molecular flexibility index (Phi) is 6.20. The highest BCUT2D eigenvalue weighted by Gasteiger charge is 2.45. The van der Waals surface area contributed by atoms with E-state index in [4.69, 9.17) is 0 Å². The number of carbonyl (C=O) groups excluding carboxylic acids is 4. The van der Waals surface area contributed by atoms with Crippen LogP contribution in [-0.4, -0.2) is 51.1 Å². The number of carbonyl (C=O) groups is 4. The average Bonchev–Trinajstić information content (AvgIpc) is 3.10. The Morgan fingerprint density at radius 2 is 1.60 bits per heavy atom. The second-order valence-electron chi connectivity index (χ2n) is 8.08. The van der Waals surface area contributed by atoms with E-state index in [-0.39, 0.29) is 18.2 Å². The van der Waals surface area contributed by atoms with Gasteiger partial charge in [-0.2, -0.15) is 0 Å². The molecular formula is C23H27N3O4. The number of benzene rings is 1. The predicted molar refractivity (Wildman–Crippen MR) is 112 cm³/mol. The molecule has 2 aromatic rings. The number of amides is 4. The summed E-state index contributed by atoms with van der Waals surface area (Å²) < 4.78 is 2.06. The van der Waals surface area contributed by atoms with E-state index >= 15 is 0 Å². The molecule has 1 aromatic carbocycles. The van der Waals surface area contributed by atoms with Crippen LogP contribution in [-0.2, 0) is 22.6 Å². The van der Waals surface area contributed by atoms with Crippen molar-refractivity contribution in [2.24, 2.45) is 5.92 Å². The molecule has 1 aliphatic rings. The lowest BCUT2D eigenvalue weighted by molar-refractivity contribution is -0.143. The summed E-state index contributed by atoms with van der Waals surface area (Å²) in [7, 11) is 0. The largest absolute Gasteiger partial charge is 0.348 e. The molecule has 30 heavy (non-hydrogen) atoms. The van der Waals surface area contributed by atoms with Crippen molar-refractivity contribution < 1.29 is 19.2 Å². The number of nitrogens with zero attached hydrogens (tertiary/aromatic N) is 3. The first kappa shape index (κ1) is 21.5. The number of hydrogen-bond donors (Lipinski definition) is 0. The van der Waals surface area contributed by atoms with E-state index in [0.29, 0.717) is 5.56 Å². The van der Waals surface area contributed by atoms with Gasteiger partial charge in [0.1, 0.15) is 0 Å². The minimum atomic E-state index is -0.938. The number of aromatic nitrogens is 1. The smallest absolute Gasteiger partial charge is 0.334 e. The summed E-state index contributed by atoms with van der Waals surface area (Å²) in [6, 6.07) is 11.1. The molecule has 1 aliphatic heterocycles. The number of ketones is 1. The fourth-order valence-corrected chi connectivity index (χ4v) is 3.76. The van der Waals surface area contributed by atoms with Crippen molar-refractivity contribution in [1.82, 2.24) is 14.4 Å². The zero-order chi connectivity index (χ0) is 22.0. The zero-order valence-corrected chi connectivity index (χ0v) is 17.8. The van der Waals surface area contributed by atoms with Crippen molar-refractivity contribution in [3.8, 4) is 0 Å². The molecule has 4 amide bonds. The molecule has 3 rings (SSSR count). The van der Waals surface area contributed by atoms with Crippen molar-refractivity contribution in [3.63, 3.8) is 0 Å². The number of rotatable bonds is 8. The van der Waals surface area contributed by atoms with Gasteiger partial charge in [0.15, 0.2) is 5.78 Å². The van der Waals surface area contributed by atoms with Crippen LogP contribution in [0.25, 0.3) is 0 Å². The van der Waals surface area contributed by atoms with Gasteiger partial charge in [-0.25, -0.2) is 9.69 Å². The van der Waals surface area contributed by atoms with Crippen LogP contribution in [0.4, 0.5) is 4.79 Å². The molecule has 1 saturated heterocycles. The Bertz CT molecular complexity index is 991. The molecule has 7 heteroatoms. The maximum atomic E-state index is 12.9. The van der Waals surface area contributed by atoms with Gasteiger partial charge in [-0.3, -0.25) is 19.3 Å². The van der Waals surface area contributed by atoms with Crippen LogP contribution in [0.1, 0.15) is 41.2 Å². The lowest BCUT2D eigenvalue weighted by atomic mass is 10.1. The SMILES string of the molecule is Cc1cc(C(=O)CN2C(=O)C(=O)N(CC(C)C)C2=O)c(C)n1CCc1ccccc1. The molecular weight excluding hydrogens is 382 g/mol. The molecule has 0 unspecified atom stereocenters. The van der Waals surface area contributed by atoms with Crippen molar-refractivity contribution in [2.45, 2.75) is 40.7 Å². The molecule has 158 valence electrons. The van der Waals surface area contributed by atoms with Gasteiger partial charge in [0.25, 0.3) is 0 Å². The standard InChI is InChI=1S/C23H27N3O4/c1-15(2)13-25-21(28)22(29)26(23(25)30)14-20(27)19-12-16(3)24(17(19)4)11-10-18-8-6-5-7-9-18/h5-9,12,15H,10-11,13-14H2,1-4H3. The monoisotopic (exact) mass is 409 g/mol. The predicted octanol–water partition coefficient (Wildman–Crippen LogP) is 2.98. The van der Waals surface area contributed by atoms with E-state index in [9.17, 15) is 19.2 Å². The van der Waals surface area contributed by atoms with E-state index in [1.165, 1.54) is 5.56 Å². The Morgan fingerprint density at radius 1 is 0.967 bits per heavy atom. The van der Waals surface area contributed by atoms with Crippen LogP contribution in [0.5, 0.6) is 0 Å². The second-order valence-corrected chi connectivity index (χ2v) is 8.08. The van der Waals surface area contributed by atoms with E-state index < -0.39 is 24.4 Å². The Hall–Kier alpha value is -3.22. The van der Waals surface area contributed by atoms with Crippen molar-refractivity contribution >= 4 is 23.6 Å². The summed E-state index contributed by atoms with van der Waals surface area (Å²) in [5.41, 5.74) is 3.40. The van der Waals surface area contributed by atoms with E-state index in [1.807, 2.05) is 45.9 Å². The molecule has 0 aliphatic carbocycles. The topological polar surface area (TPSA) is 79.7 Å². The number of hydrogen-bond acceptors (Lipinski definition) is 4. The summed E-state index contributed by atoms with van der Waals surface area (Å²) in [6.07, 6.45) is 0.826. The summed E-state index contributed by atoms with van der Waals surface area (Å²) >= 11 is 0. The van der Waals surface area contributed by atoms with Gasteiger partial charge in [0, 0.05) is 30.0 Å². The van der Waals surface area contributed by atoms with Crippen molar-refractivity contribution in [3.05, 3.63) is 58.9 Å². The first-order chi connectivity index (χ1) is 14.2. The number of aryl methyl sites for hydroxylation is 2. The summed E-state index contributed by atoms with van der Waals surface area (Å²) in [5, 5.41) is 0. The number of Topliss-reactive ketones (excluding diaryl/α,β-unsaturated/α-hetero) is 1. The molecule has 0 spiro atoms. The zero-order valence-electron chi connectivity index (χ0n) is 17.8. The van der Waals surface area contributed by atoms with Gasteiger partial charge in [-0.05, 0) is 37.8 Å². The van der Waals surface area contributed by atoms with Gasteiger partial charge in [0.05, 0.1) is 6.54 Å². The van der Waals surface area contributed by atoms with Gasteiger partial charge >= 0.3 is 17.8 Å². The molecule has 7 nitrogen and oxygen atoms in total. The normalized spacial score (nSPS) is 14.4. The van der Waals surface area contributed by atoms with E-state index in [2.05, 4.69) is 16.7 Å². The molecule has 1 fully saturated rings. The minimum Gasteiger partial charge on any atom is -0.348 e. The van der Waals surface area contributed by atoms with Gasteiger partial charge < -0.3 is 4.57 Å². The van der Waals surface area contributed by atoms with Crippen LogP contribution >= 0.6 is 0 Å². The third-order valence-electron chi connectivity index (χ3n) is 5.33. The van der Waals surface area contributed by atoms with Crippen LogP contribution in [0.3, 0.4) is 0 Å². The lowest BCUT2D eigenvalue weighted by Gasteiger charge is -2.16. The third kappa shape index (κ3) is 4.20. The first-order valence-corrected chi connectivity index (χ1v) is 10.1. The van der Waals surface area contributed by atoms with Crippen molar-refractivity contribution in [1.29, 1.82) is 0 Å². The van der Waals surface area contributed by atoms with Gasteiger partial charge in [-0.1, -0.05) is 44.2 Å². The highest BCUT2D eigenvalue weighted by atomic mass is 16.2. The molecule has 0 radical (unpaired) electrons. The average molecular weight is 409 g/mol. The van der Waals surface area contributed by atoms with Crippen LogP contribution in [0.2, 0.25) is 0 Å². The first-order valence-electron chi connectivity index (χ1n) is 10.1. The van der Waals surface area contributed by atoms with Crippen LogP contribution in [0, 0.1) is 19.8 Å². The maximum absolute atomic E-state index is 12.9. The van der Waals surface area contributed by atoms with Crippen LogP contribution in [0.15, 0.2) is 36.4 Å². The molecule has 1 aromatic heterocycles. The summed E-state index contributed by atoms with van der Waals surface area (Å²) in [5.74, 6) is -2.12. The second kappa shape index (κ2) is 8.65. The molecule has 0 bridgehead atoms. The van der Waals surface area contributed by atoms with Crippen LogP contribution < -0.4 is 0 Å². The minimum absolute atomic E-state index is 0.0323. The summed E-state index contributed by atoms with van der Waals surface area (Å²) in [4.78, 5) is 51.4. The molecule has 0 N–H and O–H groups in total. The quantitative estimate of drug-likeness (QED) is 0.381. The Balaban J connectivity index is 1.74. The molecule has 0 saturated carbocycles. The maximum Gasteiger partial charge on any atom is 0.334 e. The Labute approximate surface area is 176 Å². The summed E-state index contributed by atoms with van der Waals surface area (Å²) in [6.45, 7) is 7.93. The highest BCUT2D eigenvalue weighted by Crippen LogP contribution is 2.20. The molecule has 2 heterocycles. The fourth-order valence-electron chi connectivity index (χ4n) is 3.76. The van der Waals surface area contributed by atoms with Gasteiger partial charge in [0.2, 0.25) is 0 Å².